The molecule has 0 atom stereocenters. The molecular weight excluding hydrogens is 388 g/mol. The van der Waals surface area contributed by atoms with E-state index in [1.165, 1.54) is 6.20 Å². The molecule has 0 amide bonds. The topological polar surface area (TPSA) is 85.8 Å². The van der Waals surface area contributed by atoms with Gasteiger partial charge < -0.3 is 4.42 Å². The van der Waals surface area contributed by atoms with Crippen LogP contribution in [-0.4, -0.2) is 53.8 Å². The van der Waals surface area contributed by atoms with E-state index in [-0.39, 0.29) is 5.89 Å². The van der Waals surface area contributed by atoms with Crippen LogP contribution in [0, 0.1) is 0 Å². The van der Waals surface area contributed by atoms with E-state index in [9.17, 15) is 8.78 Å². The summed E-state index contributed by atoms with van der Waals surface area (Å²) < 4.78 is 34.1. The fourth-order valence-corrected chi connectivity index (χ4v) is 3.74. The van der Waals surface area contributed by atoms with Crippen molar-refractivity contribution in [3.8, 4) is 11.5 Å². The number of halogens is 2. The van der Waals surface area contributed by atoms with E-state index in [4.69, 9.17) is 4.42 Å². The number of nitrogens with zero attached hydrogens (tertiary/aromatic N) is 7. The molecule has 1 aliphatic rings. The van der Waals surface area contributed by atoms with Crippen LogP contribution in [0.2, 0.25) is 0 Å². The van der Waals surface area contributed by atoms with Gasteiger partial charge in [-0.2, -0.15) is 8.78 Å². The highest BCUT2D eigenvalue weighted by atomic mass is 32.2. The van der Waals surface area contributed by atoms with E-state index in [0.29, 0.717) is 18.0 Å². The van der Waals surface area contributed by atoms with Gasteiger partial charge in [0.1, 0.15) is 0 Å². The Morgan fingerprint density at radius 2 is 2.04 bits per heavy atom. The highest BCUT2D eigenvalue weighted by Crippen LogP contribution is 2.28. The van der Waals surface area contributed by atoms with Gasteiger partial charge >= 0.3 is 6.43 Å². The predicted molar refractivity (Wildman–Crippen MR) is 98.7 cm³/mol. The Kier molecular flexibility index (Phi) is 5.62. The largest absolute Gasteiger partial charge is 0.415 e. The summed E-state index contributed by atoms with van der Waals surface area (Å²) in [6.45, 7) is 2.60. The van der Waals surface area contributed by atoms with Crippen LogP contribution in [-0.2, 0) is 6.54 Å². The Hall–Kier alpha value is -2.40. The van der Waals surface area contributed by atoms with Crippen molar-refractivity contribution in [2.75, 3.05) is 19.3 Å². The molecule has 11 heteroatoms. The number of pyridine rings is 1. The van der Waals surface area contributed by atoms with Crippen molar-refractivity contribution in [1.29, 1.82) is 0 Å². The molecule has 0 spiro atoms. The number of rotatable bonds is 6. The molecule has 3 aromatic rings. The lowest BCUT2D eigenvalue weighted by atomic mass is 9.95. The molecule has 0 unspecified atom stereocenters. The zero-order chi connectivity index (χ0) is 19.5. The van der Waals surface area contributed by atoms with Crippen molar-refractivity contribution in [2.45, 2.75) is 31.7 Å². The molecule has 0 N–H and O–H groups in total. The van der Waals surface area contributed by atoms with Crippen molar-refractivity contribution < 1.29 is 13.2 Å². The Balaban J connectivity index is 1.39. The lowest BCUT2D eigenvalue weighted by Crippen LogP contribution is -2.27. The molecule has 1 aliphatic heterocycles. The van der Waals surface area contributed by atoms with Crippen LogP contribution in [0.4, 0.5) is 8.78 Å². The van der Waals surface area contributed by atoms with Crippen molar-refractivity contribution in [1.82, 2.24) is 34.5 Å². The van der Waals surface area contributed by atoms with Gasteiger partial charge in [0.25, 0.3) is 5.89 Å². The maximum Gasteiger partial charge on any atom is 0.314 e. The van der Waals surface area contributed by atoms with Gasteiger partial charge in [-0.15, -0.1) is 15.3 Å². The molecule has 4 heterocycles. The van der Waals surface area contributed by atoms with Crippen LogP contribution in [0.3, 0.4) is 0 Å². The van der Waals surface area contributed by atoms with Gasteiger partial charge in [-0.3, -0.25) is 9.29 Å². The second-order valence-corrected chi connectivity index (χ2v) is 7.39. The number of aromatic nitrogens is 6. The molecule has 1 saturated heterocycles. The van der Waals surface area contributed by atoms with E-state index >= 15 is 0 Å². The molecule has 0 aromatic carbocycles. The van der Waals surface area contributed by atoms with Crippen molar-refractivity contribution in [2.24, 2.45) is 0 Å². The lowest BCUT2D eigenvalue weighted by Gasteiger charge is -2.28. The second-order valence-electron chi connectivity index (χ2n) is 6.51. The van der Waals surface area contributed by atoms with E-state index in [1.807, 2.05) is 6.20 Å². The summed E-state index contributed by atoms with van der Waals surface area (Å²) in [4.78, 5) is 4.33. The highest BCUT2D eigenvalue weighted by Gasteiger charge is 2.22. The quantitative estimate of drug-likeness (QED) is 0.576. The van der Waals surface area contributed by atoms with Crippen LogP contribution in [0.1, 0.15) is 42.5 Å². The minimum absolute atomic E-state index is 0.0222. The van der Waals surface area contributed by atoms with Gasteiger partial charge in [0.05, 0.1) is 23.5 Å². The van der Waals surface area contributed by atoms with Crippen LogP contribution in [0.15, 0.2) is 28.9 Å². The van der Waals surface area contributed by atoms with Crippen molar-refractivity contribution in [3.05, 3.63) is 41.8 Å². The summed E-state index contributed by atoms with van der Waals surface area (Å²) in [6.07, 6.45) is 4.97. The summed E-state index contributed by atoms with van der Waals surface area (Å²) in [5.74, 6) is -0.236. The van der Waals surface area contributed by atoms with Crippen LogP contribution in [0.25, 0.3) is 11.5 Å². The standard InChI is InChI=1S/C17H19F2N7OS/c1-28-26-6-4-11(5-7-26)14-10-25(24-21-14)9-13-3-2-12(8-20-13)16-22-23-17(27-16)15(18)19/h2-3,8,10-11,15H,4-7,9H2,1H3. The number of hydrogen-bond acceptors (Lipinski definition) is 8. The molecule has 3 aromatic heterocycles. The van der Waals surface area contributed by atoms with E-state index < -0.39 is 12.3 Å². The smallest absolute Gasteiger partial charge is 0.314 e. The molecule has 0 saturated carbocycles. The minimum Gasteiger partial charge on any atom is -0.415 e. The SMILES string of the molecule is CSN1CCC(c2cn(Cc3ccc(-c4nnc(C(F)F)o4)cn3)nn2)CC1. The highest BCUT2D eigenvalue weighted by molar-refractivity contribution is 7.96. The number of hydrogen-bond donors (Lipinski definition) is 0. The van der Waals surface area contributed by atoms with Crippen molar-refractivity contribution >= 4 is 11.9 Å². The Bertz CT molecular complexity index is 906. The first-order valence-electron chi connectivity index (χ1n) is 8.88. The third-order valence-corrected chi connectivity index (χ3v) is 5.59. The first kappa shape index (κ1) is 18.9. The average Bonchev–Trinajstić information content (AvgIpc) is 3.39. The van der Waals surface area contributed by atoms with E-state index in [0.717, 1.165) is 37.3 Å². The third kappa shape index (κ3) is 4.20. The summed E-state index contributed by atoms with van der Waals surface area (Å²) >= 11 is 1.78. The monoisotopic (exact) mass is 407 g/mol. The molecule has 8 nitrogen and oxygen atoms in total. The maximum absolute atomic E-state index is 12.5. The zero-order valence-electron chi connectivity index (χ0n) is 15.2. The molecule has 148 valence electrons. The molecule has 0 bridgehead atoms. The van der Waals surface area contributed by atoms with Gasteiger partial charge in [0.2, 0.25) is 5.89 Å². The molecule has 1 fully saturated rings. The van der Waals surface area contributed by atoms with Gasteiger partial charge in [-0.1, -0.05) is 17.2 Å². The fourth-order valence-electron chi connectivity index (χ4n) is 3.16. The number of alkyl halides is 2. The molecule has 0 aliphatic carbocycles. The summed E-state index contributed by atoms with van der Waals surface area (Å²) in [6, 6.07) is 3.49. The predicted octanol–water partition coefficient (Wildman–Crippen LogP) is 3.17. The van der Waals surface area contributed by atoms with Crippen LogP contribution < -0.4 is 0 Å². The minimum atomic E-state index is -2.79. The van der Waals surface area contributed by atoms with Crippen molar-refractivity contribution in [3.63, 3.8) is 0 Å². The summed E-state index contributed by atoms with van der Waals surface area (Å²) in [5, 5.41) is 15.5. The molecule has 28 heavy (non-hydrogen) atoms. The molecule has 0 radical (unpaired) electrons. The van der Waals surface area contributed by atoms with Crippen LogP contribution in [0.5, 0.6) is 0 Å². The molecular formula is C17H19F2N7OS. The lowest BCUT2D eigenvalue weighted by molar-refractivity contribution is 0.116. The van der Waals surface area contributed by atoms with Crippen LogP contribution >= 0.6 is 11.9 Å². The van der Waals surface area contributed by atoms with Gasteiger partial charge in [-0.25, -0.2) is 4.68 Å². The Morgan fingerprint density at radius 1 is 1.21 bits per heavy atom. The molecule has 4 rings (SSSR count). The Morgan fingerprint density at radius 3 is 2.68 bits per heavy atom. The first-order valence-corrected chi connectivity index (χ1v) is 10.1. The van der Waals surface area contributed by atoms with Gasteiger partial charge in [0, 0.05) is 31.4 Å². The fraction of sp³-hybridized carbons (Fsp3) is 0.471. The normalized spacial score (nSPS) is 16.1. The Labute approximate surface area is 164 Å². The van der Waals surface area contributed by atoms with E-state index in [2.05, 4.69) is 36.1 Å². The van der Waals surface area contributed by atoms with Gasteiger partial charge in [0.15, 0.2) is 0 Å². The van der Waals surface area contributed by atoms with E-state index in [1.54, 1.807) is 28.8 Å². The number of piperidine rings is 1. The summed E-state index contributed by atoms with van der Waals surface area (Å²) in [5.41, 5.74) is 2.27. The van der Waals surface area contributed by atoms with Gasteiger partial charge in [-0.05, 0) is 31.2 Å². The third-order valence-electron chi connectivity index (χ3n) is 4.71. The second kappa shape index (κ2) is 8.31. The average molecular weight is 407 g/mol. The zero-order valence-corrected chi connectivity index (χ0v) is 16.0. The summed E-state index contributed by atoms with van der Waals surface area (Å²) in [7, 11) is 0. The maximum atomic E-state index is 12.5. The first-order chi connectivity index (χ1) is 13.6.